The van der Waals surface area contributed by atoms with Gasteiger partial charge >= 0.3 is 0 Å². The predicted octanol–water partition coefficient (Wildman–Crippen LogP) is 10.5. The number of ether oxygens (including phenoxy) is 2. The van der Waals surface area contributed by atoms with Crippen molar-refractivity contribution in [2.24, 2.45) is 0 Å². The van der Waals surface area contributed by atoms with E-state index in [1.807, 2.05) is 0 Å². The quantitative estimate of drug-likeness (QED) is 0.213. The van der Waals surface area contributed by atoms with Crippen LogP contribution in [0.3, 0.4) is 0 Å². The Morgan fingerprint density at radius 1 is 0.450 bits per heavy atom. The van der Waals surface area contributed by atoms with E-state index in [0.29, 0.717) is 0 Å². The lowest BCUT2D eigenvalue weighted by atomic mass is 9.78. The van der Waals surface area contributed by atoms with E-state index >= 15 is 0 Å². The van der Waals surface area contributed by atoms with Crippen LogP contribution in [0.1, 0.15) is 52.7 Å². The average Bonchev–Trinajstić information content (AvgIpc) is 2.94. The van der Waals surface area contributed by atoms with Crippen molar-refractivity contribution < 1.29 is 9.47 Å². The van der Waals surface area contributed by atoms with Crippen molar-refractivity contribution >= 4 is 32.3 Å². The van der Waals surface area contributed by atoms with Gasteiger partial charge in [0.25, 0.3) is 0 Å². The normalized spacial score (nSPS) is 12.5. The monoisotopic (exact) mass is 526 g/mol. The molecule has 6 aromatic rings. The third-order valence-electron chi connectivity index (χ3n) is 8.30. The molecule has 0 N–H and O–H groups in total. The first-order valence-electron chi connectivity index (χ1n) is 14.1. The van der Waals surface area contributed by atoms with E-state index in [4.69, 9.17) is 9.47 Å². The Morgan fingerprint density at radius 3 is 1.18 bits per heavy atom. The molecule has 0 atom stereocenters. The molecular formula is C38H38O2. The van der Waals surface area contributed by atoms with Gasteiger partial charge in [-0.1, -0.05) is 77.9 Å². The van der Waals surface area contributed by atoms with Crippen LogP contribution in [0.15, 0.2) is 84.9 Å². The molecule has 0 radical (unpaired) electrons. The molecule has 0 heterocycles. The fraction of sp³-hybridized carbons (Fsp3) is 0.263. The molecule has 40 heavy (non-hydrogen) atoms. The second kappa shape index (κ2) is 9.27. The summed E-state index contributed by atoms with van der Waals surface area (Å²) < 4.78 is 11.0. The highest BCUT2D eigenvalue weighted by Gasteiger charge is 2.23. The molecule has 0 spiro atoms. The lowest BCUT2D eigenvalue weighted by molar-refractivity contribution is 0.415. The fourth-order valence-electron chi connectivity index (χ4n) is 5.89. The van der Waals surface area contributed by atoms with Crippen molar-refractivity contribution in [3.63, 3.8) is 0 Å². The number of methoxy groups -OCH3 is 2. The second-order valence-electron chi connectivity index (χ2n) is 13.0. The summed E-state index contributed by atoms with van der Waals surface area (Å²) in [7, 11) is 3.44. The smallest absolute Gasteiger partial charge is 0.118 e. The summed E-state index contributed by atoms with van der Waals surface area (Å²) in [5.74, 6) is 1.74. The van der Waals surface area contributed by atoms with Crippen LogP contribution < -0.4 is 9.47 Å². The summed E-state index contributed by atoms with van der Waals surface area (Å²) in [6.07, 6.45) is 0. The molecule has 0 bridgehead atoms. The highest BCUT2D eigenvalue weighted by atomic mass is 16.5. The molecule has 0 amide bonds. The SMILES string of the molecule is COc1ccc(-c2cc3cc(C(C)(C)C)cc4cc(-c5ccc(OC)cc5)c5cc(C(C)(C)C)cc2c5c34)cc1. The first-order chi connectivity index (χ1) is 19.0. The Hall–Kier alpha value is -4.04. The van der Waals surface area contributed by atoms with Gasteiger partial charge in [0.05, 0.1) is 14.2 Å². The van der Waals surface area contributed by atoms with Crippen molar-refractivity contribution in [3.05, 3.63) is 96.1 Å². The first-order valence-corrected chi connectivity index (χ1v) is 14.1. The molecule has 0 saturated heterocycles. The first kappa shape index (κ1) is 26.2. The lowest BCUT2D eigenvalue weighted by Gasteiger charge is -2.26. The summed E-state index contributed by atoms with van der Waals surface area (Å²) in [4.78, 5) is 0. The summed E-state index contributed by atoms with van der Waals surface area (Å²) in [6.45, 7) is 13.8. The zero-order valence-corrected chi connectivity index (χ0v) is 24.9. The number of benzene rings is 6. The minimum Gasteiger partial charge on any atom is -0.497 e. The maximum absolute atomic E-state index is 5.49. The van der Waals surface area contributed by atoms with Gasteiger partial charge in [0, 0.05) is 0 Å². The van der Waals surface area contributed by atoms with Crippen LogP contribution in [0.5, 0.6) is 11.5 Å². The van der Waals surface area contributed by atoms with E-state index < -0.39 is 0 Å². The van der Waals surface area contributed by atoms with Gasteiger partial charge in [-0.25, -0.2) is 0 Å². The molecule has 0 unspecified atom stereocenters. The molecule has 0 aliphatic heterocycles. The minimum atomic E-state index is -0.00177. The van der Waals surface area contributed by atoms with Gasteiger partial charge in [-0.05, 0) is 125 Å². The standard InChI is InChI=1S/C38H38O2/c1-37(2,3)27-17-25-19-31(23-9-13-29(39-7)14-10-23)33-21-28(38(4,5)6)22-34-32(20-26(18-27)35(25)36(33)34)24-11-15-30(40-8)16-12-24/h9-22H,1-8H3. The Bertz CT molecular complexity index is 1730. The Labute approximate surface area is 237 Å². The van der Waals surface area contributed by atoms with Crippen LogP contribution in [0.25, 0.3) is 54.6 Å². The molecule has 0 aromatic heterocycles. The van der Waals surface area contributed by atoms with Gasteiger partial charge in [-0.15, -0.1) is 0 Å². The van der Waals surface area contributed by atoms with Crippen molar-refractivity contribution in [2.75, 3.05) is 14.2 Å². The van der Waals surface area contributed by atoms with Crippen LogP contribution in [0, 0.1) is 0 Å². The van der Waals surface area contributed by atoms with E-state index in [9.17, 15) is 0 Å². The molecule has 2 heteroatoms. The molecule has 202 valence electrons. The van der Waals surface area contributed by atoms with Gasteiger partial charge in [0.2, 0.25) is 0 Å². The van der Waals surface area contributed by atoms with Crippen molar-refractivity contribution in [1.29, 1.82) is 0 Å². The molecule has 6 rings (SSSR count). The van der Waals surface area contributed by atoms with Crippen LogP contribution in [-0.4, -0.2) is 14.2 Å². The molecule has 6 aromatic carbocycles. The fourth-order valence-corrected chi connectivity index (χ4v) is 5.89. The van der Waals surface area contributed by atoms with E-state index in [1.54, 1.807) is 14.2 Å². The average molecular weight is 527 g/mol. The highest BCUT2D eigenvalue weighted by molar-refractivity contribution is 6.29. The van der Waals surface area contributed by atoms with E-state index in [1.165, 1.54) is 65.7 Å². The van der Waals surface area contributed by atoms with Gasteiger partial charge < -0.3 is 9.47 Å². The predicted molar refractivity (Wildman–Crippen MR) is 172 cm³/mol. The van der Waals surface area contributed by atoms with Gasteiger partial charge in [-0.3, -0.25) is 0 Å². The van der Waals surface area contributed by atoms with Gasteiger partial charge in [0.15, 0.2) is 0 Å². The molecule has 0 aliphatic carbocycles. The molecule has 0 fully saturated rings. The largest absolute Gasteiger partial charge is 0.497 e. The minimum absolute atomic E-state index is 0.00177. The Morgan fingerprint density at radius 2 is 0.825 bits per heavy atom. The maximum Gasteiger partial charge on any atom is 0.118 e. The zero-order valence-electron chi connectivity index (χ0n) is 24.9. The summed E-state index contributed by atoms with van der Waals surface area (Å²) >= 11 is 0. The molecule has 0 aliphatic rings. The highest BCUT2D eigenvalue weighted by Crippen LogP contribution is 2.47. The number of hydrogen-bond acceptors (Lipinski definition) is 2. The summed E-state index contributed by atoms with van der Waals surface area (Å²) in [5.41, 5.74) is 7.61. The zero-order chi connectivity index (χ0) is 28.4. The van der Waals surface area contributed by atoms with Gasteiger partial charge in [0.1, 0.15) is 11.5 Å². The van der Waals surface area contributed by atoms with Crippen LogP contribution in [-0.2, 0) is 10.8 Å². The lowest BCUT2D eigenvalue weighted by Crippen LogP contribution is -2.12. The summed E-state index contributed by atoms with van der Waals surface area (Å²) in [6, 6.07) is 31.4. The van der Waals surface area contributed by atoms with Gasteiger partial charge in [-0.2, -0.15) is 0 Å². The number of rotatable bonds is 4. The molecule has 2 nitrogen and oxygen atoms in total. The summed E-state index contributed by atoms with van der Waals surface area (Å²) in [5, 5.41) is 7.84. The van der Waals surface area contributed by atoms with Crippen molar-refractivity contribution in [2.45, 2.75) is 52.4 Å². The third kappa shape index (κ3) is 4.36. The third-order valence-corrected chi connectivity index (χ3v) is 8.30. The molecule has 0 saturated carbocycles. The van der Waals surface area contributed by atoms with E-state index in [0.717, 1.165) is 11.5 Å². The van der Waals surface area contributed by atoms with E-state index in [-0.39, 0.29) is 10.8 Å². The topological polar surface area (TPSA) is 18.5 Å². The maximum atomic E-state index is 5.49. The Kier molecular flexibility index (Phi) is 6.07. The van der Waals surface area contributed by atoms with Crippen LogP contribution in [0.4, 0.5) is 0 Å². The number of hydrogen-bond donors (Lipinski definition) is 0. The van der Waals surface area contributed by atoms with Crippen molar-refractivity contribution in [3.8, 4) is 33.8 Å². The van der Waals surface area contributed by atoms with E-state index in [2.05, 4.69) is 126 Å². The van der Waals surface area contributed by atoms with Crippen LogP contribution >= 0.6 is 0 Å². The van der Waals surface area contributed by atoms with Crippen molar-refractivity contribution in [1.82, 2.24) is 0 Å². The molecular weight excluding hydrogens is 488 g/mol. The second-order valence-corrected chi connectivity index (χ2v) is 13.0. The Balaban J connectivity index is 1.82. The van der Waals surface area contributed by atoms with Crippen LogP contribution in [0.2, 0.25) is 0 Å².